The summed E-state index contributed by atoms with van der Waals surface area (Å²) in [5, 5.41) is 3.63. The largest absolute Gasteiger partial charge is 0.497 e. The fourth-order valence-corrected chi connectivity index (χ4v) is 5.58. The van der Waals surface area contributed by atoms with Crippen LogP contribution < -0.4 is 15.0 Å². The highest BCUT2D eigenvalue weighted by Gasteiger charge is 2.45. The lowest BCUT2D eigenvalue weighted by molar-refractivity contribution is -0.120. The van der Waals surface area contributed by atoms with E-state index in [2.05, 4.69) is 29.6 Å². The monoisotopic (exact) mass is 478 g/mol. The van der Waals surface area contributed by atoms with Crippen molar-refractivity contribution in [2.75, 3.05) is 17.3 Å². The standard InChI is InChI=1S/C31H30N2O3/c1-19-8-15-25-27(16-19)33(31(35)22-9-10-22)30(21-11-13-24(36-2)14-12-21)29-26(32-25)17-23(18-28(29)34)20-6-4-3-5-7-20/h3-8,11-16,22-23,30,32H,9-10,17-18H2,1-2H3. The van der Waals surface area contributed by atoms with Crippen LogP contribution in [0.25, 0.3) is 0 Å². The van der Waals surface area contributed by atoms with E-state index in [0.717, 1.165) is 53.2 Å². The van der Waals surface area contributed by atoms with E-state index >= 15 is 0 Å². The highest BCUT2D eigenvalue weighted by Crippen LogP contribution is 2.49. The lowest BCUT2D eigenvalue weighted by Crippen LogP contribution is -2.39. The molecule has 1 saturated carbocycles. The van der Waals surface area contributed by atoms with Crippen LogP contribution in [0.1, 0.15) is 54.3 Å². The Balaban J connectivity index is 1.55. The molecule has 0 radical (unpaired) electrons. The zero-order valence-electron chi connectivity index (χ0n) is 20.7. The van der Waals surface area contributed by atoms with Gasteiger partial charge in [-0.3, -0.25) is 14.5 Å². The number of carbonyl (C=O) groups excluding carboxylic acids is 2. The molecule has 6 rings (SSSR count). The third-order valence-corrected chi connectivity index (χ3v) is 7.60. The maximum absolute atomic E-state index is 14.0. The third kappa shape index (κ3) is 3.98. The molecule has 0 bridgehead atoms. The van der Waals surface area contributed by atoms with E-state index in [1.807, 2.05) is 60.4 Å². The number of rotatable bonds is 4. The average molecular weight is 479 g/mol. The van der Waals surface area contributed by atoms with Crippen molar-refractivity contribution in [2.24, 2.45) is 5.92 Å². The Labute approximate surface area is 211 Å². The van der Waals surface area contributed by atoms with Gasteiger partial charge >= 0.3 is 0 Å². The van der Waals surface area contributed by atoms with Gasteiger partial charge in [0.25, 0.3) is 0 Å². The van der Waals surface area contributed by atoms with Gasteiger partial charge in [-0.15, -0.1) is 0 Å². The van der Waals surface area contributed by atoms with Crippen LogP contribution in [-0.4, -0.2) is 18.8 Å². The molecule has 2 unspecified atom stereocenters. The molecule has 5 heteroatoms. The number of benzene rings is 3. The normalized spacial score (nSPS) is 21.3. The van der Waals surface area contributed by atoms with Crippen LogP contribution in [0.15, 0.2) is 84.1 Å². The smallest absolute Gasteiger partial charge is 0.231 e. The topological polar surface area (TPSA) is 58.6 Å². The number of nitrogens with zero attached hydrogens (tertiary/aromatic N) is 1. The molecule has 2 aliphatic carbocycles. The number of Topliss-reactive ketones (excluding diaryl/α,β-unsaturated/α-hetero) is 1. The first-order valence-electron chi connectivity index (χ1n) is 12.7. The van der Waals surface area contributed by atoms with Crippen molar-refractivity contribution in [3.63, 3.8) is 0 Å². The first-order chi connectivity index (χ1) is 17.5. The summed E-state index contributed by atoms with van der Waals surface area (Å²) in [5.74, 6) is 1.04. The van der Waals surface area contributed by atoms with E-state index in [4.69, 9.17) is 4.74 Å². The van der Waals surface area contributed by atoms with E-state index in [1.165, 1.54) is 5.56 Å². The molecule has 1 aliphatic heterocycles. The second-order valence-electron chi connectivity index (χ2n) is 10.1. The van der Waals surface area contributed by atoms with Crippen LogP contribution in [0, 0.1) is 12.8 Å². The van der Waals surface area contributed by atoms with Crippen molar-refractivity contribution < 1.29 is 14.3 Å². The number of aryl methyl sites for hydroxylation is 1. The highest BCUT2D eigenvalue weighted by atomic mass is 16.5. The molecule has 1 heterocycles. The molecule has 1 fully saturated rings. The quantitative estimate of drug-likeness (QED) is 0.477. The molecule has 1 N–H and O–H groups in total. The van der Waals surface area contributed by atoms with Crippen molar-refractivity contribution in [3.8, 4) is 5.75 Å². The maximum Gasteiger partial charge on any atom is 0.231 e. The summed E-state index contributed by atoms with van der Waals surface area (Å²) in [7, 11) is 1.64. The molecule has 3 aromatic rings. The zero-order valence-corrected chi connectivity index (χ0v) is 20.7. The van der Waals surface area contributed by atoms with E-state index in [-0.39, 0.29) is 23.5 Å². The molecule has 3 aliphatic rings. The molecule has 36 heavy (non-hydrogen) atoms. The molecule has 3 aromatic carbocycles. The van der Waals surface area contributed by atoms with Crippen LogP contribution >= 0.6 is 0 Å². The number of fused-ring (bicyclic) bond motifs is 1. The van der Waals surface area contributed by atoms with Crippen molar-refractivity contribution in [1.82, 2.24) is 0 Å². The SMILES string of the molecule is COc1ccc(C2C3=C(CC(c4ccccc4)CC3=O)Nc3ccc(C)cc3N2C(=O)C2CC2)cc1. The van der Waals surface area contributed by atoms with Crippen LogP contribution in [0.5, 0.6) is 5.75 Å². The zero-order chi connectivity index (χ0) is 24.8. The van der Waals surface area contributed by atoms with Gasteiger partial charge in [0.05, 0.1) is 24.5 Å². The summed E-state index contributed by atoms with van der Waals surface area (Å²) < 4.78 is 5.39. The first-order valence-corrected chi connectivity index (χ1v) is 12.7. The van der Waals surface area contributed by atoms with Gasteiger partial charge in [-0.05, 0) is 73.1 Å². The Morgan fingerprint density at radius 2 is 1.69 bits per heavy atom. The van der Waals surface area contributed by atoms with Gasteiger partial charge < -0.3 is 10.1 Å². The van der Waals surface area contributed by atoms with Gasteiger partial charge in [-0.25, -0.2) is 0 Å². The number of ketones is 1. The fraction of sp³-hybridized carbons (Fsp3) is 0.290. The van der Waals surface area contributed by atoms with Gasteiger partial charge in [0.1, 0.15) is 5.75 Å². The van der Waals surface area contributed by atoms with Gasteiger partial charge in [0.15, 0.2) is 5.78 Å². The molecule has 0 saturated heterocycles. The average Bonchev–Trinajstić information content (AvgIpc) is 3.75. The Kier molecular flexibility index (Phi) is 5.63. The van der Waals surface area contributed by atoms with Crippen molar-refractivity contribution in [3.05, 3.63) is 101 Å². The Bertz CT molecular complexity index is 1360. The number of methoxy groups -OCH3 is 1. The van der Waals surface area contributed by atoms with Gasteiger partial charge in [-0.2, -0.15) is 0 Å². The molecule has 182 valence electrons. The third-order valence-electron chi connectivity index (χ3n) is 7.60. The highest BCUT2D eigenvalue weighted by molar-refractivity contribution is 6.07. The lowest BCUT2D eigenvalue weighted by atomic mass is 9.78. The minimum Gasteiger partial charge on any atom is -0.497 e. The fourth-order valence-electron chi connectivity index (χ4n) is 5.58. The summed E-state index contributed by atoms with van der Waals surface area (Å²) >= 11 is 0. The number of anilines is 2. The Hall–Kier alpha value is -3.86. The van der Waals surface area contributed by atoms with Crippen LogP contribution in [-0.2, 0) is 9.59 Å². The molecule has 2 atom stereocenters. The van der Waals surface area contributed by atoms with E-state index < -0.39 is 6.04 Å². The number of hydrogen-bond donors (Lipinski definition) is 1. The number of nitrogens with one attached hydrogen (secondary N) is 1. The Morgan fingerprint density at radius 3 is 2.39 bits per heavy atom. The Morgan fingerprint density at radius 1 is 0.944 bits per heavy atom. The van der Waals surface area contributed by atoms with Crippen LogP contribution in [0.4, 0.5) is 11.4 Å². The van der Waals surface area contributed by atoms with Crippen LogP contribution in [0.3, 0.4) is 0 Å². The summed E-state index contributed by atoms with van der Waals surface area (Å²) in [6.45, 7) is 2.04. The predicted octanol–water partition coefficient (Wildman–Crippen LogP) is 6.31. The van der Waals surface area contributed by atoms with Crippen molar-refractivity contribution in [1.29, 1.82) is 0 Å². The maximum atomic E-state index is 14.0. The minimum absolute atomic E-state index is 0.0111. The first kappa shape index (κ1) is 22.6. The van der Waals surface area contributed by atoms with Crippen molar-refractivity contribution >= 4 is 23.1 Å². The second-order valence-corrected chi connectivity index (χ2v) is 10.1. The summed E-state index contributed by atoms with van der Waals surface area (Å²) in [4.78, 5) is 29.8. The number of ether oxygens (including phenoxy) is 1. The van der Waals surface area contributed by atoms with Gasteiger partial charge in [0, 0.05) is 23.6 Å². The second kappa shape index (κ2) is 8.98. The molecular weight excluding hydrogens is 448 g/mol. The van der Waals surface area contributed by atoms with Gasteiger partial charge in [0.2, 0.25) is 5.91 Å². The van der Waals surface area contributed by atoms with E-state index in [1.54, 1.807) is 7.11 Å². The molecule has 5 nitrogen and oxygen atoms in total. The summed E-state index contributed by atoms with van der Waals surface area (Å²) in [6, 6.07) is 23.7. The van der Waals surface area contributed by atoms with E-state index in [0.29, 0.717) is 12.0 Å². The number of allylic oxidation sites excluding steroid dienone is 1. The van der Waals surface area contributed by atoms with Crippen molar-refractivity contribution in [2.45, 2.75) is 44.6 Å². The van der Waals surface area contributed by atoms with E-state index in [9.17, 15) is 9.59 Å². The predicted molar refractivity (Wildman–Crippen MR) is 141 cm³/mol. The summed E-state index contributed by atoms with van der Waals surface area (Å²) in [6.07, 6.45) is 2.94. The summed E-state index contributed by atoms with van der Waals surface area (Å²) in [5.41, 5.74) is 6.49. The number of hydrogen-bond acceptors (Lipinski definition) is 4. The number of carbonyl (C=O) groups is 2. The lowest BCUT2D eigenvalue weighted by Gasteiger charge is -2.35. The minimum atomic E-state index is -0.487. The molecular formula is C31H30N2O3. The molecule has 0 spiro atoms. The molecule has 1 amide bonds. The van der Waals surface area contributed by atoms with Crippen LogP contribution in [0.2, 0.25) is 0 Å². The number of amides is 1. The molecule has 0 aromatic heterocycles. The van der Waals surface area contributed by atoms with Gasteiger partial charge in [-0.1, -0.05) is 48.5 Å².